The summed E-state index contributed by atoms with van der Waals surface area (Å²) in [7, 11) is 0. The van der Waals surface area contributed by atoms with Crippen LogP contribution >= 0.6 is 11.6 Å². The molecule has 0 spiro atoms. The first-order valence-corrected chi connectivity index (χ1v) is 6.29. The number of aryl methyl sites for hydroxylation is 1. The normalized spacial score (nSPS) is 9.75. The van der Waals surface area contributed by atoms with Crippen molar-refractivity contribution in [2.45, 2.75) is 6.92 Å². The molecule has 4 N–H and O–H groups in total. The number of halogens is 1. The van der Waals surface area contributed by atoms with Crippen LogP contribution in [0.25, 0.3) is 0 Å². The van der Waals surface area contributed by atoms with Crippen molar-refractivity contribution in [1.82, 2.24) is 10.2 Å². The van der Waals surface area contributed by atoms with E-state index >= 15 is 0 Å². The summed E-state index contributed by atoms with van der Waals surface area (Å²) in [6, 6.07) is 5.10. The summed E-state index contributed by atoms with van der Waals surface area (Å²) < 4.78 is 0. The van der Waals surface area contributed by atoms with Crippen LogP contribution in [0.15, 0.2) is 24.4 Å². The Balaban J connectivity index is 2.31. The van der Waals surface area contributed by atoms with E-state index in [1.54, 1.807) is 25.1 Å². The number of H-pyrrole nitrogens is 1. The maximum Gasteiger partial charge on any atom is 0.259 e. The molecule has 5 nitrogen and oxygen atoms in total. The van der Waals surface area contributed by atoms with Crippen LogP contribution in [0.3, 0.4) is 0 Å². The van der Waals surface area contributed by atoms with Crippen molar-refractivity contribution in [2.75, 3.05) is 11.9 Å². The average Bonchev–Trinajstić information content (AvgIpc) is 2.84. The summed E-state index contributed by atoms with van der Waals surface area (Å²) in [5.41, 5.74) is 7.73. The second-order valence-electron chi connectivity index (χ2n) is 4.06. The smallest absolute Gasteiger partial charge is 0.259 e. The average molecular weight is 289 g/mol. The molecule has 1 aromatic heterocycles. The zero-order valence-corrected chi connectivity index (χ0v) is 11.6. The van der Waals surface area contributed by atoms with Gasteiger partial charge in [-0.2, -0.15) is 5.10 Å². The number of hydrogen-bond donors (Lipinski definition) is 3. The molecule has 20 heavy (non-hydrogen) atoms. The number of aromatic nitrogens is 2. The van der Waals surface area contributed by atoms with Crippen LogP contribution in [0.1, 0.15) is 21.6 Å². The number of nitrogens with one attached hydrogen (secondary N) is 2. The maximum atomic E-state index is 12.1. The molecular formula is C14H13ClN4O. The van der Waals surface area contributed by atoms with Crippen LogP contribution < -0.4 is 11.1 Å². The molecule has 0 atom stereocenters. The van der Waals surface area contributed by atoms with Gasteiger partial charge in [0.2, 0.25) is 0 Å². The first kappa shape index (κ1) is 14.1. The SMILES string of the molecule is Cc1[nH]ncc1C(=O)Nc1cc(Cl)ccc1C#CCN. The molecule has 6 heteroatoms. The third-order valence-corrected chi connectivity index (χ3v) is 2.86. The summed E-state index contributed by atoms with van der Waals surface area (Å²) in [6.07, 6.45) is 1.47. The Morgan fingerprint density at radius 1 is 1.55 bits per heavy atom. The number of rotatable bonds is 2. The monoisotopic (exact) mass is 288 g/mol. The van der Waals surface area contributed by atoms with E-state index in [0.29, 0.717) is 27.5 Å². The van der Waals surface area contributed by atoms with Gasteiger partial charge in [0.05, 0.1) is 24.0 Å². The number of amides is 1. The van der Waals surface area contributed by atoms with Crippen LogP contribution in [0.2, 0.25) is 5.02 Å². The first-order chi connectivity index (χ1) is 9.61. The minimum absolute atomic E-state index is 0.247. The number of anilines is 1. The fraction of sp³-hybridized carbons (Fsp3) is 0.143. The van der Waals surface area contributed by atoms with E-state index < -0.39 is 0 Å². The van der Waals surface area contributed by atoms with Crippen molar-refractivity contribution in [3.63, 3.8) is 0 Å². The Bertz CT molecular complexity index is 697. The Morgan fingerprint density at radius 3 is 3.00 bits per heavy atom. The summed E-state index contributed by atoms with van der Waals surface area (Å²) in [4.78, 5) is 12.1. The number of carbonyl (C=O) groups is 1. The van der Waals surface area contributed by atoms with Crippen molar-refractivity contribution in [2.24, 2.45) is 5.73 Å². The third-order valence-electron chi connectivity index (χ3n) is 2.63. The zero-order valence-electron chi connectivity index (χ0n) is 10.8. The van der Waals surface area contributed by atoms with Gasteiger partial charge in [-0.1, -0.05) is 23.4 Å². The van der Waals surface area contributed by atoms with Gasteiger partial charge >= 0.3 is 0 Å². The lowest BCUT2D eigenvalue weighted by Crippen LogP contribution is -2.13. The largest absolute Gasteiger partial charge is 0.321 e. The van der Waals surface area contributed by atoms with Crippen LogP contribution in [-0.4, -0.2) is 22.6 Å². The number of benzene rings is 1. The lowest BCUT2D eigenvalue weighted by molar-refractivity contribution is 0.102. The number of nitrogens with two attached hydrogens (primary N) is 1. The van der Waals surface area contributed by atoms with E-state index in [9.17, 15) is 4.79 Å². The molecule has 0 aliphatic rings. The maximum absolute atomic E-state index is 12.1. The van der Waals surface area contributed by atoms with Gasteiger partial charge in [0, 0.05) is 16.3 Å². The van der Waals surface area contributed by atoms with Gasteiger partial charge in [0.1, 0.15) is 0 Å². The van der Waals surface area contributed by atoms with Gasteiger partial charge in [-0.3, -0.25) is 9.89 Å². The van der Waals surface area contributed by atoms with Crippen molar-refractivity contribution in [3.05, 3.63) is 46.2 Å². The van der Waals surface area contributed by atoms with Crippen LogP contribution in [0.4, 0.5) is 5.69 Å². The number of nitrogens with zero attached hydrogens (tertiary/aromatic N) is 1. The topological polar surface area (TPSA) is 83.8 Å². The highest BCUT2D eigenvalue weighted by Gasteiger charge is 2.12. The van der Waals surface area contributed by atoms with Crippen molar-refractivity contribution >= 4 is 23.2 Å². The van der Waals surface area contributed by atoms with Crippen molar-refractivity contribution in [1.29, 1.82) is 0 Å². The Labute approximate surface area is 121 Å². The molecule has 0 bridgehead atoms. The summed E-state index contributed by atoms with van der Waals surface area (Å²) in [5.74, 6) is 5.37. The number of aromatic amines is 1. The second kappa shape index (κ2) is 6.24. The van der Waals surface area contributed by atoms with Gasteiger partial charge in [0.15, 0.2) is 0 Å². The third kappa shape index (κ3) is 3.18. The molecule has 1 amide bonds. The van der Waals surface area contributed by atoms with E-state index in [1.165, 1.54) is 6.20 Å². The molecule has 0 saturated carbocycles. The molecule has 2 rings (SSSR count). The van der Waals surface area contributed by atoms with Gasteiger partial charge in [-0.15, -0.1) is 0 Å². The summed E-state index contributed by atoms with van der Waals surface area (Å²) in [5, 5.41) is 9.82. The van der Waals surface area contributed by atoms with Crippen LogP contribution in [-0.2, 0) is 0 Å². The molecule has 1 aromatic carbocycles. The van der Waals surface area contributed by atoms with Crippen LogP contribution in [0.5, 0.6) is 0 Å². The lowest BCUT2D eigenvalue weighted by Gasteiger charge is -2.07. The Morgan fingerprint density at radius 2 is 2.35 bits per heavy atom. The van der Waals surface area contributed by atoms with Crippen molar-refractivity contribution < 1.29 is 4.79 Å². The highest BCUT2D eigenvalue weighted by molar-refractivity contribution is 6.31. The van der Waals surface area contributed by atoms with Gasteiger partial charge in [0.25, 0.3) is 5.91 Å². The summed E-state index contributed by atoms with van der Waals surface area (Å²) >= 11 is 5.95. The summed E-state index contributed by atoms with van der Waals surface area (Å²) in [6.45, 7) is 2.02. The minimum atomic E-state index is -0.269. The molecular weight excluding hydrogens is 276 g/mol. The molecule has 1 heterocycles. The van der Waals surface area contributed by atoms with E-state index in [1.807, 2.05) is 0 Å². The second-order valence-corrected chi connectivity index (χ2v) is 4.50. The fourth-order valence-electron chi connectivity index (χ4n) is 1.64. The molecule has 0 aliphatic heterocycles. The van der Waals surface area contributed by atoms with Gasteiger partial charge in [-0.25, -0.2) is 0 Å². The minimum Gasteiger partial charge on any atom is -0.321 e. The number of hydrogen-bond acceptors (Lipinski definition) is 3. The van der Waals surface area contributed by atoms with Gasteiger partial charge in [-0.05, 0) is 25.1 Å². The molecule has 0 saturated heterocycles. The van der Waals surface area contributed by atoms with E-state index in [4.69, 9.17) is 17.3 Å². The Kier molecular flexibility index (Phi) is 4.41. The predicted molar refractivity (Wildman–Crippen MR) is 78.7 cm³/mol. The molecule has 2 aromatic rings. The van der Waals surface area contributed by atoms with Crippen LogP contribution in [0, 0.1) is 18.8 Å². The van der Waals surface area contributed by atoms with E-state index in [0.717, 1.165) is 0 Å². The highest BCUT2D eigenvalue weighted by atomic mass is 35.5. The van der Waals surface area contributed by atoms with E-state index in [2.05, 4.69) is 27.4 Å². The first-order valence-electron chi connectivity index (χ1n) is 5.91. The molecule has 0 radical (unpaired) electrons. The molecule has 0 aliphatic carbocycles. The lowest BCUT2D eigenvalue weighted by atomic mass is 10.1. The predicted octanol–water partition coefficient (Wildman–Crippen LogP) is 1.93. The standard InChI is InChI=1S/C14H13ClN4O/c1-9-12(8-17-19-9)14(20)18-13-7-11(15)5-4-10(13)3-2-6-16/h4-5,7-8H,6,16H2,1H3,(H,17,19)(H,18,20). The highest BCUT2D eigenvalue weighted by Crippen LogP contribution is 2.21. The molecule has 0 unspecified atom stereocenters. The molecule has 0 fully saturated rings. The quantitative estimate of drug-likeness (QED) is 0.738. The van der Waals surface area contributed by atoms with Gasteiger partial charge < -0.3 is 11.1 Å². The fourth-order valence-corrected chi connectivity index (χ4v) is 1.82. The zero-order chi connectivity index (χ0) is 14.5. The molecule has 102 valence electrons. The Hall–Kier alpha value is -2.29. The van der Waals surface area contributed by atoms with Crippen molar-refractivity contribution in [3.8, 4) is 11.8 Å². The number of carbonyl (C=O) groups excluding carboxylic acids is 1. The van der Waals surface area contributed by atoms with E-state index in [-0.39, 0.29) is 12.5 Å².